The van der Waals surface area contributed by atoms with Gasteiger partial charge in [0.1, 0.15) is 0 Å². The quantitative estimate of drug-likeness (QED) is 0.590. The Morgan fingerprint density at radius 3 is 2.69 bits per heavy atom. The highest BCUT2D eigenvalue weighted by Crippen LogP contribution is 2.22. The molecule has 1 aromatic rings. The van der Waals surface area contributed by atoms with Crippen LogP contribution in [0.4, 0.5) is 5.00 Å². The summed E-state index contributed by atoms with van der Waals surface area (Å²) in [5.74, 6) is 0.702. The Bertz CT molecular complexity index is 334. The normalized spacial score (nSPS) is 10.9. The van der Waals surface area contributed by atoms with E-state index >= 15 is 0 Å². The van der Waals surface area contributed by atoms with E-state index in [1.165, 1.54) is 24.2 Å². The fourth-order valence-corrected chi connectivity index (χ4v) is 2.28. The maximum atomic E-state index is 10.5. The van der Waals surface area contributed by atoms with Crippen molar-refractivity contribution in [1.29, 1.82) is 0 Å². The SMILES string of the molecule is CCC(CC)CNCc1csc([N+](=O)[O-])c1. The van der Waals surface area contributed by atoms with Gasteiger partial charge in [0.2, 0.25) is 0 Å². The number of nitrogens with zero attached hydrogens (tertiary/aromatic N) is 1. The largest absolute Gasteiger partial charge is 0.324 e. The summed E-state index contributed by atoms with van der Waals surface area (Å²) in [6, 6.07) is 1.64. The van der Waals surface area contributed by atoms with Gasteiger partial charge in [0, 0.05) is 18.0 Å². The molecule has 0 saturated heterocycles. The van der Waals surface area contributed by atoms with Crippen LogP contribution in [0.25, 0.3) is 0 Å². The number of nitrogens with one attached hydrogen (secondary N) is 1. The molecule has 0 aliphatic heterocycles. The van der Waals surface area contributed by atoms with Gasteiger partial charge in [0.15, 0.2) is 0 Å². The van der Waals surface area contributed by atoms with E-state index in [0.717, 1.165) is 18.7 Å². The van der Waals surface area contributed by atoms with Crippen LogP contribution in [0, 0.1) is 16.0 Å². The number of rotatable bonds is 7. The van der Waals surface area contributed by atoms with E-state index in [0.29, 0.717) is 5.92 Å². The van der Waals surface area contributed by atoms with Crippen LogP contribution in [-0.4, -0.2) is 11.5 Å². The Morgan fingerprint density at radius 1 is 1.50 bits per heavy atom. The molecule has 1 aromatic heterocycles. The van der Waals surface area contributed by atoms with Gasteiger partial charge in [-0.1, -0.05) is 38.0 Å². The smallest absolute Gasteiger partial charge is 0.312 e. The van der Waals surface area contributed by atoms with Crippen molar-refractivity contribution < 1.29 is 4.92 Å². The Hall–Kier alpha value is -0.940. The molecule has 0 unspecified atom stereocenters. The Morgan fingerprint density at radius 2 is 2.19 bits per heavy atom. The summed E-state index contributed by atoms with van der Waals surface area (Å²) >= 11 is 1.19. The molecule has 1 N–H and O–H groups in total. The molecular weight excluding hydrogens is 224 g/mol. The Labute approximate surface area is 99.8 Å². The van der Waals surface area contributed by atoms with E-state index in [-0.39, 0.29) is 9.92 Å². The molecule has 0 bridgehead atoms. The van der Waals surface area contributed by atoms with Gasteiger partial charge in [-0.15, -0.1) is 0 Å². The third-order valence-corrected chi connectivity index (χ3v) is 3.67. The van der Waals surface area contributed by atoms with Crippen LogP contribution in [0.15, 0.2) is 11.4 Å². The molecule has 0 aromatic carbocycles. The van der Waals surface area contributed by atoms with Crippen molar-refractivity contribution in [3.05, 3.63) is 27.1 Å². The molecule has 0 saturated carbocycles. The van der Waals surface area contributed by atoms with Gasteiger partial charge in [-0.2, -0.15) is 0 Å². The van der Waals surface area contributed by atoms with Crippen molar-refractivity contribution in [3.63, 3.8) is 0 Å². The van der Waals surface area contributed by atoms with Gasteiger partial charge < -0.3 is 5.32 Å². The van der Waals surface area contributed by atoms with Crippen LogP contribution in [0.5, 0.6) is 0 Å². The lowest BCUT2D eigenvalue weighted by Crippen LogP contribution is -2.21. The zero-order valence-electron chi connectivity index (χ0n) is 9.73. The maximum absolute atomic E-state index is 10.5. The number of hydrogen-bond donors (Lipinski definition) is 1. The minimum absolute atomic E-state index is 0.222. The first-order valence-electron chi connectivity index (χ1n) is 5.59. The monoisotopic (exact) mass is 242 g/mol. The molecule has 16 heavy (non-hydrogen) atoms. The highest BCUT2D eigenvalue weighted by molar-refractivity contribution is 7.13. The van der Waals surface area contributed by atoms with Crippen LogP contribution < -0.4 is 5.32 Å². The van der Waals surface area contributed by atoms with Gasteiger partial charge in [-0.25, -0.2) is 0 Å². The van der Waals surface area contributed by atoms with E-state index in [1.54, 1.807) is 6.07 Å². The molecule has 1 rings (SSSR count). The maximum Gasteiger partial charge on any atom is 0.324 e. The summed E-state index contributed by atoms with van der Waals surface area (Å²) in [7, 11) is 0. The molecular formula is C11H18N2O2S. The standard InChI is InChI=1S/C11H18N2O2S/c1-3-9(4-2)6-12-7-10-5-11(13(14)15)16-8-10/h5,8-9,12H,3-4,6-7H2,1-2H3. The summed E-state index contributed by atoms with van der Waals surface area (Å²) in [4.78, 5) is 10.1. The highest BCUT2D eigenvalue weighted by Gasteiger charge is 2.09. The van der Waals surface area contributed by atoms with E-state index < -0.39 is 0 Å². The predicted octanol–water partition coefficient (Wildman–Crippen LogP) is 3.18. The fraction of sp³-hybridized carbons (Fsp3) is 0.636. The summed E-state index contributed by atoms with van der Waals surface area (Å²) < 4.78 is 0. The second kappa shape index (κ2) is 6.60. The van der Waals surface area contributed by atoms with Crippen molar-refractivity contribution in [2.24, 2.45) is 5.92 Å². The first-order chi connectivity index (χ1) is 7.67. The average molecular weight is 242 g/mol. The first kappa shape index (κ1) is 13.1. The lowest BCUT2D eigenvalue weighted by Gasteiger charge is -2.12. The Balaban J connectivity index is 2.34. The van der Waals surface area contributed by atoms with Crippen LogP contribution in [0.1, 0.15) is 32.3 Å². The van der Waals surface area contributed by atoms with Crippen molar-refractivity contribution in [2.45, 2.75) is 33.2 Å². The highest BCUT2D eigenvalue weighted by atomic mass is 32.1. The fourth-order valence-electron chi connectivity index (χ4n) is 1.55. The third-order valence-electron chi connectivity index (χ3n) is 2.74. The Kier molecular flexibility index (Phi) is 5.42. The van der Waals surface area contributed by atoms with Crippen molar-refractivity contribution in [1.82, 2.24) is 5.32 Å². The van der Waals surface area contributed by atoms with E-state index in [9.17, 15) is 10.1 Å². The van der Waals surface area contributed by atoms with Crippen LogP contribution >= 0.6 is 11.3 Å². The first-order valence-corrected chi connectivity index (χ1v) is 6.47. The third kappa shape index (κ3) is 3.90. The molecule has 0 atom stereocenters. The van der Waals surface area contributed by atoms with Crippen molar-refractivity contribution in [2.75, 3.05) is 6.54 Å². The van der Waals surface area contributed by atoms with Crippen molar-refractivity contribution in [3.8, 4) is 0 Å². The minimum atomic E-state index is -0.338. The van der Waals surface area contributed by atoms with Gasteiger partial charge in [0.05, 0.1) is 4.92 Å². The molecule has 0 fully saturated rings. The molecule has 90 valence electrons. The minimum Gasteiger partial charge on any atom is -0.312 e. The van der Waals surface area contributed by atoms with Gasteiger partial charge in [-0.3, -0.25) is 10.1 Å². The van der Waals surface area contributed by atoms with E-state index in [1.807, 2.05) is 5.38 Å². The molecule has 0 amide bonds. The van der Waals surface area contributed by atoms with Gasteiger partial charge in [-0.05, 0) is 18.0 Å². The molecule has 0 spiro atoms. The zero-order chi connectivity index (χ0) is 12.0. The second-order valence-electron chi connectivity index (χ2n) is 3.86. The molecule has 0 radical (unpaired) electrons. The summed E-state index contributed by atoms with van der Waals surface area (Å²) in [6.45, 7) is 6.08. The summed E-state index contributed by atoms with van der Waals surface area (Å²) in [5, 5.41) is 15.9. The molecule has 5 heteroatoms. The van der Waals surface area contributed by atoms with E-state index in [4.69, 9.17) is 0 Å². The van der Waals surface area contributed by atoms with Crippen LogP contribution in [0.3, 0.4) is 0 Å². The lowest BCUT2D eigenvalue weighted by atomic mass is 10.0. The average Bonchev–Trinajstić information content (AvgIpc) is 2.73. The predicted molar refractivity (Wildman–Crippen MR) is 66.8 cm³/mol. The van der Waals surface area contributed by atoms with E-state index in [2.05, 4.69) is 19.2 Å². The second-order valence-corrected chi connectivity index (χ2v) is 4.75. The number of thiophene rings is 1. The summed E-state index contributed by atoms with van der Waals surface area (Å²) in [6.07, 6.45) is 2.35. The van der Waals surface area contributed by atoms with Gasteiger partial charge >= 0.3 is 5.00 Å². The van der Waals surface area contributed by atoms with Gasteiger partial charge in [0.25, 0.3) is 0 Å². The number of hydrogen-bond acceptors (Lipinski definition) is 4. The zero-order valence-corrected chi connectivity index (χ0v) is 10.5. The number of nitro groups is 1. The molecule has 0 aliphatic rings. The molecule has 1 heterocycles. The molecule has 0 aliphatic carbocycles. The lowest BCUT2D eigenvalue weighted by molar-refractivity contribution is -0.380. The molecule has 4 nitrogen and oxygen atoms in total. The topological polar surface area (TPSA) is 55.2 Å². The summed E-state index contributed by atoms with van der Waals surface area (Å²) in [5.41, 5.74) is 1.00. The van der Waals surface area contributed by atoms with Crippen LogP contribution in [0.2, 0.25) is 0 Å². The van der Waals surface area contributed by atoms with Crippen LogP contribution in [-0.2, 0) is 6.54 Å². The van der Waals surface area contributed by atoms with Crippen molar-refractivity contribution >= 4 is 16.3 Å².